The molecule has 0 aliphatic carbocycles. The number of hydrogen-bond donors (Lipinski definition) is 1. The Balaban J connectivity index is 2.05. The van der Waals surface area contributed by atoms with Gasteiger partial charge >= 0.3 is 0 Å². The van der Waals surface area contributed by atoms with Gasteiger partial charge in [-0.25, -0.2) is 0 Å². The van der Waals surface area contributed by atoms with Crippen LogP contribution < -0.4 is 10.2 Å². The normalized spacial score (nSPS) is 17.3. The van der Waals surface area contributed by atoms with Crippen molar-refractivity contribution >= 4 is 23.5 Å². The Morgan fingerprint density at radius 3 is 2.74 bits per heavy atom. The fraction of sp³-hybridized carbons (Fsp3) is 0.750. The number of morpholine rings is 1. The summed E-state index contributed by atoms with van der Waals surface area (Å²) in [7, 11) is 0. The third kappa shape index (κ3) is 4.18. The van der Waals surface area contributed by atoms with Crippen LogP contribution in [0, 0.1) is 5.92 Å². The van der Waals surface area contributed by atoms with Gasteiger partial charge in [-0.15, -0.1) is 0 Å². The Bertz CT molecular complexity index is 411. The van der Waals surface area contributed by atoms with Gasteiger partial charge in [0.1, 0.15) is 0 Å². The lowest BCUT2D eigenvalue weighted by Gasteiger charge is -2.26. The number of ether oxygens (including phenoxy) is 1. The molecule has 0 amide bonds. The van der Waals surface area contributed by atoms with E-state index in [-0.39, 0.29) is 5.28 Å². The van der Waals surface area contributed by atoms with Gasteiger partial charge in [0.05, 0.1) is 13.2 Å². The van der Waals surface area contributed by atoms with Gasteiger partial charge in [-0.3, -0.25) is 0 Å². The molecule has 1 atom stereocenters. The summed E-state index contributed by atoms with van der Waals surface area (Å²) in [5, 5.41) is 3.44. The van der Waals surface area contributed by atoms with E-state index in [1.165, 1.54) is 0 Å². The van der Waals surface area contributed by atoms with Crippen LogP contribution in [0.2, 0.25) is 5.28 Å². The van der Waals surface area contributed by atoms with Crippen molar-refractivity contribution in [1.82, 2.24) is 15.0 Å². The molecule has 6 nitrogen and oxygen atoms in total. The minimum absolute atomic E-state index is 0.225. The highest BCUT2D eigenvalue weighted by atomic mass is 35.5. The average molecular weight is 286 g/mol. The van der Waals surface area contributed by atoms with Gasteiger partial charge in [-0.1, -0.05) is 20.3 Å². The zero-order chi connectivity index (χ0) is 13.7. The van der Waals surface area contributed by atoms with Gasteiger partial charge in [0.15, 0.2) is 0 Å². The van der Waals surface area contributed by atoms with E-state index in [0.717, 1.165) is 26.1 Å². The summed E-state index contributed by atoms with van der Waals surface area (Å²) in [6.45, 7) is 8.12. The second kappa shape index (κ2) is 6.86. The molecule has 0 spiro atoms. The molecule has 7 heteroatoms. The summed E-state index contributed by atoms with van der Waals surface area (Å²) in [6.07, 6.45) is 1.11. The molecule has 106 valence electrons. The largest absolute Gasteiger partial charge is 0.378 e. The molecule has 0 aromatic carbocycles. The van der Waals surface area contributed by atoms with E-state index in [9.17, 15) is 0 Å². The van der Waals surface area contributed by atoms with Crippen molar-refractivity contribution in [3.8, 4) is 0 Å². The third-order valence-electron chi connectivity index (χ3n) is 3.20. The van der Waals surface area contributed by atoms with Crippen molar-refractivity contribution < 1.29 is 4.74 Å². The predicted octanol–water partition coefficient (Wildman–Crippen LogP) is 1.82. The van der Waals surface area contributed by atoms with Gasteiger partial charge in [0, 0.05) is 19.6 Å². The second-order valence-electron chi connectivity index (χ2n) is 4.72. The van der Waals surface area contributed by atoms with E-state index >= 15 is 0 Å². The summed E-state index contributed by atoms with van der Waals surface area (Å²) < 4.78 is 5.31. The van der Waals surface area contributed by atoms with Crippen molar-refractivity contribution in [3.05, 3.63) is 5.28 Å². The van der Waals surface area contributed by atoms with E-state index < -0.39 is 0 Å². The van der Waals surface area contributed by atoms with Crippen molar-refractivity contribution in [2.75, 3.05) is 43.1 Å². The minimum Gasteiger partial charge on any atom is -0.378 e. The Morgan fingerprint density at radius 2 is 2.05 bits per heavy atom. The third-order valence-corrected chi connectivity index (χ3v) is 3.36. The standard InChI is InChI=1S/C12H20ClN5O/c1-3-9(2)8-14-11-15-10(13)16-12(17-11)18-4-6-19-7-5-18/h9H,3-8H2,1-2H3,(H,14,15,16,17). The first-order chi connectivity index (χ1) is 9.19. The molecule has 1 unspecified atom stereocenters. The average Bonchev–Trinajstić information content (AvgIpc) is 2.45. The maximum atomic E-state index is 5.96. The lowest BCUT2D eigenvalue weighted by Crippen LogP contribution is -2.37. The van der Waals surface area contributed by atoms with E-state index in [1.807, 2.05) is 0 Å². The number of halogens is 1. The highest BCUT2D eigenvalue weighted by Gasteiger charge is 2.16. The molecule has 1 saturated heterocycles. The smallest absolute Gasteiger partial charge is 0.231 e. The number of hydrogen-bond acceptors (Lipinski definition) is 6. The molecule has 1 aliphatic rings. The Labute approximate surface area is 118 Å². The summed E-state index contributed by atoms with van der Waals surface area (Å²) in [5.41, 5.74) is 0. The molecule has 1 aromatic heterocycles. The Morgan fingerprint density at radius 1 is 1.32 bits per heavy atom. The molecule has 0 radical (unpaired) electrons. The van der Waals surface area contributed by atoms with Crippen molar-refractivity contribution in [2.45, 2.75) is 20.3 Å². The van der Waals surface area contributed by atoms with Crippen LogP contribution in [0.1, 0.15) is 20.3 Å². The van der Waals surface area contributed by atoms with E-state index in [2.05, 4.69) is 39.0 Å². The number of rotatable bonds is 5. The zero-order valence-electron chi connectivity index (χ0n) is 11.4. The topological polar surface area (TPSA) is 63.2 Å². The molecule has 2 rings (SSSR count). The monoisotopic (exact) mass is 285 g/mol. The van der Waals surface area contributed by atoms with Crippen LogP contribution in [0.4, 0.5) is 11.9 Å². The van der Waals surface area contributed by atoms with Crippen molar-refractivity contribution in [1.29, 1.82) is 0 Å². The van der Waals surface area contributed by atoms with Crippen molar-refractivity contribution in [3.63, 3.8) is 0 Å². The molecule has 1 N–H and O–H groups in total. The number of anilines is 2. The van der Waals surface area contributed by atoms with Crippen LogP contribution in [0.15, 0.2) is 0 Å². The number of nitrogens with zero attached hydrogens (tertiary/aromatic N) is 4. The molecular weight excluding hydrogens is 266 g/mol. The molecule has 1 aliphatic heterocycles. The summed E-state index contributed by atoms with van der Waals surface area (Å²) in [5.74, 6) is 1.74. The lowest BCUT2D eigenvalue weighted by molar-refractivity contribution is 0.122. The molecule has 0 bridgehead atoms. The maximum absolute atomic E-state index is 5.96. The first kappa shape index (κ1) is 14.3. The van der Waals surface area contributed by atoms with Crippen LogP contribution in [-0.2, 0) is 4.74 Å². The highest BCUT2D eigenvalue weighted by Crippen LogP contribution is 2.15. The van der Waals surface area contributed by atoms with Gasteiger partial charge in [0.25, 0.3) is 0 Å². The number of nitrogens with one attached hydrogen (secondary N) is 1. The van der Waals surface area contributed by atoms with E-state index in [4.69, 9.17) is 16.3 Å². The molecule has 0 saturated carbocycles. The fourth-order valence-electron chi connectivity index (χ4n) is 1.73. The van der Waals surface area contributed by atoms with Crippen LogP contribution in [0.5, 0.6) is 0 Å². The summed E-state index contributed by atoms with van der Waals surface area (Å²) in [4.78, 5) is 14.8. The quantitative estimate of drug-likeness (QED) is 0.890. The SMILES string of the molecule is CCC(C)CNc1nc(Cl)nc(N2CCOCC2)n1. The van der Waals surface area contributed by atoms with Crippen LogP contribution in [-0.4, -0.2) is 47.8 Å². The van der Waals surface area contributed by atoms with Gasteiger partial charge < -0.3 is 15.0 Å². The predicted molar refractivity (Wildman–Crippen MR) is 75.8 cm³/mol. The molecule has 1 fully saturated rings. The first-order valence-corrected chi connectivity index (χ1v) is 7.05. The highest BCUT2D eigenvalue weighted by molar-refractivity contribution is 6.28. The van der Waals surface area contributed by atoms with Crippen molar-refractivity contribution in [2.24, 2.45) is 5.92 Å². The first-order valence-electron chi connectivity index (χ1n) is 6.67. The molecule has 19 heavy (non-hydrogen) atoms. The lowest BCUT2D eigenvalue weighted by atomic mass is 10.1. The molecule has 1 aromatic rings. The maximum Gasteiger partial charge on any atom is 0.231 e. The van der Waals surface area contributed by atoms with E-state index in [1.54, 1.807) is 0 Å². The molecular formula is C12H20ClN5O. The minimum atomic E-state index is 0.225. The van der Waals surface area contributed by atoms with Gasteiger partial charge in [0.2, 0.25) is 17.2 Å². The second-order valence-corrected chi connectivity index (χ2v) is 5.06. The van der Waals surface area contributed by atoms with Crippen LogP contribution >= 0.6 is 11.6 Å². The van der Waals surface area contributed by atoms with Gasteiger partial charge in [-0.2, -0.15) is 15.0 Å². The molecule has 2 heterocycles. The fourth-order valence-corrected chi connectivity index (χ4v) is 1.89. The Kier molecular flexibility index (Phi) is 5.15. The number of aromatic nitrogens is 3. The van der Waals surface area contributed by atoms with Crippen LogP contribution in [0.3, 0.4) is 0 Å². The summed E-state index contributed by atoms with van der Waals surface area (Å²) >= 11 is 5.96. The van der Waals surface area contributed by atoms with E-state index in [0.29, 0.717) is 31.0 Å². The zero-order valence-corrected chi connectivity index (χ0v) is 12.2. The van der Waals surface area contributed by atoms with Crippen LogP contribution in [0.25, 0.3) is 0 Å². The summed E-state index contributed by atoms with van der Waals surface area (Å²) in [6, 6.07) is 0. The van der Waals surface area contributed by atoms with Gasteiger partial charge in [-0.05, 0) is 17.5 Å². The Hall–Kier alpha value is -1.14.